The van der Waals surface area contributed by atoms with Crippen LogP contribution < -0.4 is 0 Å². The van der Waals surface area contributed by atoms with Gasteiger partial charge in [-0.25, -0.2) is 0 Å². The van der Waals surface area contributed by atoms with Crippen LogP contribution in [0.3, 0.4) is 0 Å². The number of Topliss-reactive ketones (excluding diaryl/α,β-unsaturated/α-hetero) is 1. The number of hydrogen-bond acceptors (Lipinski definition) is 3. The highest BCUT2D eigenvalue weighted by atomic mass is 16.5. The van der Waals surface area contributed by atoms with E-state index in [4.69, 9.17) is 4.74 Å². The Morgan fingerprint density at radius 3 is 2.50 bits per heavy atom. The maximum absolute atomic E-state index is 11.1. The Kier molecular flexibility index (Phi) is 3.36. The van der Waals surface area contributed by atoms with Crippen molar-refractivity contribution in [3.8, 4) is 0 Å². The summed E-state index contributed by atoms with van der Waals surface area (Å²) in [6.45, 7) is 9.85. The SMILES string of the molecule is CC(=O)C1CN(CC2(COC(C)C)CC2)C1. The van der Waals surface area contributed by atoms with E-state index in [9.17, 15) is 4.79 Å². The molecular formula is C13H23NO2. The van der Waals surface area contributed by atoms with Crippen LogP contribution in [0.25, 0.3) is 0 Å². The third kappa shape index (κ3) is 2.83. The van der Waals surface area contributed by atoms with E-state index >= 15 is 0 Å². The molecule has 0 bridgehead atoms. The van der Waals surface area contributed by atoms with Crippen LogP contribution in [0, 0.1) is 11.3 Å². The summed E-state index contributed by atoms with van der Waals surface area (Å²) in [4.78, 5) is 13.5. The van der Waals surface area contributed by atoms with Crippen molar-refractivity contribution < 1.29 is 9.53 Å². The van der Waals surface area contributed by atoms with Crippen molar-refractivity contribution in [2.24, 2.45) is 11.3 Å². The molecule has 2 aliphatic rings. The van der Waals surface area contributed by atoms with Gasteiger partial charge < -0.3 is 9.64 Å². The molecule has 3 heteroatoms. The maximum Gasteiger partial charge on any atom is 0.135 e. The monoisotopic (exact) mass is 225 g/mol. The predicted molar refractivity (Wildman–Crippen MR) is 63.4 cm³/mol. The molecule has 1 saturated carbocycles. The van der Waals surface area contributed by atoms with Crippen molar-refractivity contribution in [1.29, 1.82) is 0 Å². The van der Waals surface area contributed by atoms with Crippen molar-refractivity contribution in [3.63, 3.8) is 0 Å². The average Bonchev–Trinajstić information content (AvgIpc) is 2.88. The van der Waals surface area contributed by atoms with Gasteiger partial charge in [-0.2, -0.15) is 0 Å². The summed E-state index contributed by atoms with van der Waals surface area (Å²) in [5, 5.41) is 0. The maximum atomic E-state index is 11.1. The second-order valence-electron chi connectivity index (χ2n) is 5.86. The zero-order valence-corrected chi connectivity index (χ0v) is 10.7. The summed E-state index contributed by atoms with van der Waals surface area (Å²) in [6, 6.07) is 0. The number of carbonyl (C=O) groups excluding carboxylic acids is 1. The van der Waals surface area contributed by atoms with Gasteiger partial charge in [0.15, 0.2) is 0 Å². The van der Waals surface area contributed by atoms with Crippen LogP contribution in [0.1, 0.15) is 33.6 Å². The van der Waals surface area contributed by atoms with Crippen molar-refractivity contribution >= 4 is 5.78 Å². The molecule has 2 rings (SSSR count). The van der Waals surface area contributed by atoms with Crippen LogP contribution in [0.4, 0.5) is 0 Å². The summed E-state index contributed by atoms with van der Waals surface area (Å²) in [6.07, 6.45) is 2.92. The van der Waals surface area contributed by atoms with Crippen LogP contribution >= 0.6 is 0 Å². The molecule has 92 valence electrons. The third-order valence-electron chi connectivity index (χ3n) is 3.77. The third-order valence-corrected chi connectivity index (χ3v) is 3.77. The lowest BCUT2D eigenvalue weighted by molar-refractivity contribution is -0.126. The predicted octanol–water partition coefficient (Wildman–Crippen LogP) is 1.71. The molecule has 1 saturated heterocycles. The molecule has 1 aliphatic carbocycles. The minimum absolute atomic E-state index is 0.307. The number of hydrogen-bond donors (Lipinski definition) is 0. The zero-order valence-electron chi connectivity index (χ0n) is 10.7. The molecule has 1 aliphatic heterocycles. The number of rotatable bonds is 6. The van der Waals surface area contributed by atoms with E-state index in [1.807, 2.05) is 0 Å². The first kappa shape index (κ1) is 12.1. The van der Waals surface area contributed by atoms with E-state index in [0.717, 1.165) is 26.2 Å². The summed E-state index contributed by atoms with van der Waals surface area (Å²) >= 11 is 0. The molecule has 0 radical (unpaired) electrons. The first-order valence-electron chi connectivity index (χ1n) is 6.35. The number of carbonyl (C=O) groups is 1. The quantitative estimate of drug-likeness (QED) is 0.689. The Bertz CT molecular complexity index is 265. The molecule has 0 atom stereocenters. The highest BCUT2D eigenvalue weighted by Gasteiger charge is 2.46. The van der Waals surface area contributed by atoms with Gasteiger partial charge in [-0.3, -0.25) is 4.79 Å². The summed E-state index contributed by atoms with van der Waals surface area (Å²) in [5.41, 5.74) is 0.423. The standard InChI is InChI=1S/C13H23NO2/c1-10(2)16-9-13(4-5-13)8-14-6-12(7-14)11(3)15/h10,12H,4-9H2,1-3H3. The van der Waals surface area contributed by atoms with Crippen molar-refractivity contribution in [3.05, 3.63) is 0 Å². The first-order chi connectivity index (χ1) is 7.51. The van der Waals surface area contributed by atoms with Gasteiger partial charge in [-0.05, 0) is 33.6 Å². The van der Waals surface area contributed by atoms with Crippen molar-refractivity contribution in [2.45, 2.75) is 39.7 Å². The van der Waals surface area contributed by atoms with E-state index in [2.05, 4.69) is 18.7 Å². The molecule has 0 N–H and O–H groups in total. The Morgan fingerprint density at radius 1 is 1.44 bits per heavy atom. The Morgan fingerprint density at radius 2 is 2.06 bits per heavy atom. The van der Waals surface area contributed by atoms with Crippen molar-refractivity contribution in [1.82, 2.24) is 4.90 Å². The first-order valence-corrected chi connectivity index (χ1v) is 6.35. The van der Waals surface area contributed by atoms with Crippen LogP contribution in [-0.4, -0.2) is 43.0 Å². The molecule has 1 heterocycles. The van der Waals surface area contributed by atoms with Gasteiger partial charge in [0.05, 0.1) is 12.7 Å². The van der Waals surface area contributed by atoms with E-state index in [1.54, 1.807) is 6.92 Å². The highest BCUT2D eigenvalue weighted by molar-refractivity contribution is 5.79. The number of ketones is 1. The second kappa shape index (κ2) is 4.46. The second-order valence-corrected chi connectivity index (χ2v) is 5.86. The molecule has 0 aromatic carbocycles. The number of likely N-dealkylation sites (tertiary alicyclic amines) is 1. The fourth-order valence-corrected chi connectivity index (χ4v) is 2.30. The highest BCUT2D eigenvalue weighted by Crippen LogP contribution is 2.47. The molecule has 0 spiro atoms. The van der Waals surface area contributed by atoms with Gasteiger partial charge >= 0.3 is 0 Å². The topological polar surface area (TPSA) is 29.5 Å². The minimum Gasteiger partial charge on any atom is -0.378 e. The summed E-state index contributed by atoms with van der Waals surface area (Å²) in [5.74, 6) is 0.654. The van der Waals surface area contributed by atoms with E-state index in [-0.39, 0.29) is 0 Å². The fraction of sp³-hybridized carbons (Fsp3) is 0.923. The van der Waals surface area contributed by atoms with Crippen LogP contribution in [0.15, 0.2) is 0 Å². The Hall–Kier alpha value is -0.410. The minimum atomic E-state index is 0.307. The lowest BCUT2D eigenvalue weighted by Crippen LogP contribution is -2.52. The molecule has 0 aromatic rings. The molecule has 0 aromatic heterocycles. The van der Waals surface area contributed by atoms with Gasteiger partial charge in [-0.15, -0.1) is 0 Å². The lowest BCUT2D eigenvalue weighted by atomic mass is 9.94. The average molecular weight is 225 g/mol. The van der Waals surface area contributed by atoms with E-state index in [1.165, 1.54) is 12.8 Å². The van der Waals surface area contributed by atoms with Crippen LogP contribution in [-0.2, 0) is 9.53 Å². The summed E-state index contributed by atoms with van der Waals surface area (Å²) in [7, 11) is 0. The molecular weight excluding hydrogens is 202 g/mol. The number of ether oxygens (including phenoxy) is 1. The Balaban J connectivity index is 1.69. The van der Waals surface area contributed by atoms with Gasteiger partial charge in [0.1, 0.15) is 5.78 Å². The van der Waals surface area contributed by atoms with Crippen LogP contribution in [0.2, 0.25) is 0 Å². The fourth-order valence-electron chi connectivity index (χ4n) is 2.30. The smallest absolute Gasteiger partial charge is 0.135 e. The molecule has 0 unspecified atom stereocenters. The Labute approximate surface area is 98.1 Å². The van der Waals surface area contributed by atoms with E-state index < -0.39 is 0 Å². The molecule has 0 amide bonds. The molecule has 3 nitrogen and oxygen atoms in total. The zero-order chi connectivity index (χ0) is 11.8. The van der Waals surface area contributed by atoms with Gasteiger partial charge in [0.25, 0.3) is 0 Å². The van der Waals surface area contributed by atoms with Gasteiger partial charge in [-0.1, -0.05) is 0 Å². The largest absolute Gasteiger partial charge is 0.378 e. The van der Waals surface area contributed by atoms with Gasteiger partial charge in [0.2, 0.25) is 0 Å². The lowest BCUT2D eigenvalue weighted by Gasteiger charge is -2.40. The van der Waals surface area contributed by atoms with Gasteiger partial charge in [0, 0.05) is 31.0 Å². The summed E-state index contributed by atoms with van der Waals surface area (Å²) < 4.78 is 5.72. The van der Waals surface area contributed by atoms with E-state index in [0.29, 0.717) is 23.2 Å². The van der Waals surface area contributed by atoms with Crippen LogP contribution in [0.5, 0.6) is 0 Å². The molecule has 2 fully saturated rings. The van der Waals surface area contributed by atoms with Crippen molar-refractivity contribution in [2.75, 3.05) is 26.2 Å². The number of nitrogens with zero attached hydrogens (tertiary/aromatic N) is 1. The molecule has 16 heavy (non-hydrogen) atoms. The normalized spacial score (nSPS) is 24.5.